The number of carbonyl (C=O) groups is 2. The quantitative estimate of drug-likeness (QED) is 0.757. The highest BCUT2D eigenvalue weighted by atomic mass is 35.5. The first-order chi connectivity index (χ1) is 7.35. The van der Waals surface area contributed by atoms with E-state index in [0.717, 1.165) is 0 Å². The van der Waals surface area contributed by atoms with Crippen molar-refractivity contribution < 1.29 is 9.59 Å². The van der Waals surface area contributed by atoms with Crippen molar-refractivity contribution >= 4 is 24.2 Å². The van der Waals surface area contributed by atoms with Crippen LogP contribution < -0.4 is 11.1 Å². The average Bonchev–Trinajstić information content (AvgIpc) is 2.63. The van der Waals surface area contributed by atoms with Crippen LogP contribution in [0.5, 0.6) is 0 Å². The highest BCUT2D eigenvalue weighted by Gasteiger charge is 2.31. The van der Waals surface area contributed by atoms with Crippen molar-refractivity contribution in [2.24, 2.45) is 11.1 Å². The van der Waals surface area contributed by atoms with Gasteiger partial charge < -0.3 is 16.0 Å². The third-order valence-electron chi connectivity index (χ3n) is 2.89. The molecule has 1 aliphatic heterocycles. The second kappa shape index (κ2) is 6.21. The zero-order valence-corrected chi connectivity index (χ0v) is 11.5. The lowest BCUT2D eigenvalue weighted by Gasteiger charge is -2.30. The molecular formula is C11H22ClN3O2. The fourth-order valence-electron chi connectivity index (χ4n) is 1.85. The molecule has 0 radical (unpaired) electrons. The third kappa shape index (κ3) is 4.52. The Kier molecular flexibility index (Phi) is 5.92. The van der Waals surface area contributed by atoms with Crippen LogP contribution in [0, 0.1) is 5.41 Å². The lowest BCUT2D eigenvalue weighted by molar-refractivity contribution is -0.134. The van der Waals surface area contributed by atoms with Gasteiger partial charge >= 0.3 is 0 Å². The molecule has 1 aliphatic rings. The van der Waals surface area contributed by atoms with Crippen LogP contribution in [0.3, 0.4) is 0 Å². The van der Waals surface area contributed by atoms with Gasteiger partial charge in [-0.2, -0.15) is 0 Å². The summed E-state index contributed by atoms with van der Waals surface area (Å²) in [7, 11) is 1.75. The summed E-state index contributed by atoms with van der Waals surface area (Å²) in [5.41, 5.74) is 5.53. The summed E-state index contributed by atoms with van der Waals surface area (Å²) in [6.07, 6.45) is 1.05. The zero-order chi connectivity index (χ0) is 12.3. The minimum atomic E-state index is -0.342. The third-order valence-corrected chi connectivity index (χ3v) is 2.89. The Morgan fingerprint density at radius 1 is 1.59 bits per heavy atom. The van der Waals surface area contributed by atoms with Crippen molar-refractivity contribution in [2.45, 2.75) is 32.7 Å². The normalized spacial score (nSPS) is 19.5. The Bertz CT molecular complexity index is 294. The summed E-state index contributed by atoms with van der Waals surface area (Å²) in [6.45, 7) is 5.17. The van der Waals surface area contributed by atoms with Gasteiger partial charge in [-0.05, 0) is 18.4 Å². The van der Waals surface area contributed by atoms with Crippen molar-refractivity contribution in [1.82, 2.24) is 10.2 Å². The molecule has 0 aromatic carbocycles. The van der Waals surface area contributed by atoms with Gasteiger partial charge in [0.15, 0.2) is 0 Å². The molecule has 0 aromatic rings. The predicted molar refractivity (Wildman–Crippen MR) is 68.9 cm³/mol. The lowest BCUT2D eigenvalue weighted by atomic mass is 9.93. The summed E-state index contributed by atoms with van der Waals surface area (Å²) in [5.74, 6) is -0.0581. The smallest absolute Gasteiger partial charge is 0.244 e. The van der Waals surface area contributed by atoms with Gasteiger partial charge in [0, 0.05) is 20.0 Å². The maximum atomic E-state index is 12.0. The first kappa shape index (κ1) is 16.2. The Hall–Kier alpha value is -0.810. The minimum Gasteiger partial charge on any atom is -0.344 e. The highest BCUT2D eigenvalue weighted by Crippen LogP contribution is 2.16. The van der Waals surface area contributed by atoms with Crippen LogP contribution in [0.4, 0.5) is 0 Å². The van der Waals surface area contributed by atoms with Crippen molar-refractivity contribution in [3.05, 3.63) is 0 Å². The average molecular weight is 264 g/mol. The summed E-state index contributed by atoms with van der Waals surface area (Å²) >= 11 is 0. The van der Waals surface area contributed by atoms with Crippen LogP contribution in [0.15, 0.2) is 0 Å². The number of carbonyl (C=O) groups excluding carboxylic acids is 2. The van der Waals surface area contributed by atoms with Crippen LogP contribution >= 0.6 is 12.4 Å². The molecule has 1 heterocycles. The Morgan fingerprint density at radius 3 is 2.59 bits per heavy atom. The molecule has 3 N–H and O–H groups in total. The number of halogens is 1. The molecule has 1 atom stereocenters. The SMILES string of the molecule is CN(CC(C)(C)CN)C(=O)[C@@H]1CCC(=O)N1.Cl. The number of nitrogens with zero attached hydrogens (tertiary/aromatic N) is 1. The van der Waals surface area contributed by atoms with E-state index in [4.69, 9.17) is 5.73 Å². The molecule has 0 aromatic heterocycles. The first-order valence-electron chi connectivity index (χ1n) is 5.60. The van der Waals surface area contributed by atoms with Crippen molar-refractivity contribution in [1.29, 1.82) is 0 Å². The number of nitrogens with one attached hydrogen (secondary N) is 1. The summed E-state index contributed by atoms with van der Waals surface area (Å²) in [5, 5.41) is 2.68. The monoisotopic (exact) mass is 263 g/mol. The van der Waals surface area contributed by atoms with Gasteiger partial charge in [-0.15, -0.1) is 12.4 Å². The molecule has 0 spiro atoms. The molecule has 0 saturated carbocycles. The molecular weight excluding hydrogens is 242 g/mol. The highest BCUT2D eigenvalue weighted by molar-refractivity contribution is 5.90. The number of rotatable bonds is 4. The van der Waals surface area contributed by atoms with Crippen LogP contribution in [0.2, 0.25) is 0 Å². The zero-order valence-electron chi connectivity index (χ0n) is 10.7. The molecule has 1 saturated heterocycles. The first-order valence-corrected chi connectivity index (χ1v) is 5.60. The molecule has 2 amide bonds. The Labute approximate surface area is 109 Å². The topological polar surface area (TPSA) is 75.4 Å². The molecule has 0 unspecified atom stereocenters. The van der Waals surface area contributed by atoms with Crippen LogP contribution in [-0.2, 0) is 9.59 Å². The number of likely N-dealkylation sites (N-methyl/N-ethyl adjacent to an activating group) is 1. The largest absolute Gasteiger partial charge is 0.344 e. The van der Waals surface area contributed by atoms with Gasteiger partial charge in [-0.3, -0.25) is 9.59 Å². The van der Waals surface area contributed by atoms with E-state index in [0.29, 0.717) is 25.9 Å². The molecule has 17 heavy (non-hydrogen) atoms. The lowest BCUT2D eigenvalue weighted by Crippen LogP contribution is -2.47. The second-order valence-corrected chi connectivity index (χ2v) is 5.22. The number of nitrogens with two attached hydrogens (primary N) is 1. The standard InChI is InChI=1S/C11H21N3O2.ClH/c1-11(2,6-12)7-14(3)10(16)8-4-5-9(15)13-8;/h8H,4-7,12H2,1-3H3,(H,13,15);1H/t8-;/m0./s1. The van der Waals surface area contributed by atoms with Gasteiger partial charge in [0.1, 0.15) is 6.04 Å². The molecule has 100 valence electrons. The van der Waals surface area contributed by atoms with E-state index in [2.05, 4.69) is 5.32 Å². The van der Waals surface area contributed by atoms with E-state index >= 15 is 0 Å². The van der Waals surface area contributed by atoms with Gasteiger partial charge in [0.05, 0.1) is 0 Å². The van der Waals surface area contributed by atoms with E-state index in [-0.39, 0.29) is 35.7 Å². The van der Waals surface area contributed by atoms with E-state index in [1.807, 2.05) is 13.8 Å². The Morgan fingerprint density at radius 2 is 2.18 bits per heavy atom. The fourth-order valence-corrected chi connectivity index (χ4v) is 1.85. The molecule has 0 bridgehead atoms. The van der Waals surface area contributed by atoms with E-state index in [9.17, 15) is 9.59 Å². The van der Waals surface area contributed by atoms with Crippen LogP contribution in [0.1, 0.15) is 26.7 Å². The second-order valence-electron chi connectivity index (χ2n) is 5.22. The van der Waals surface area contributed by atoms with Crippen LogP contribution in [-0.4, -0.2) is 42.9 Å². The number of hydrogen-bond donors (Lipinski definition) is 2. The van der Waals surface area contributed by atoms with Gasteiger partial charge in [-0.1, -0.05) is 13.8 Å². The number of hydrogen-bond acceptors (Lipinski definition) is 3. The van der Waals surface area contributed by atoms with Gasteiger partial charge in [0.25, 0.3) is 0 Å². The Balaban J connectivity index is 0.00000256. The van der Waals surface area contributed by atoms with E-state index in [1.54, 1.807) is 11.9 Å². The van der Waals surface area contributed by atoms with E-state index in [1.165, 1.54) is 0 Å². The summed E-state index contributed by atoms with van der Waals surface area (Å²) in [6, 6.07) is -0.342. The molecule has 1 fully saturated rings. The molecule has 0 aliphatic carbocycles. The number of amides is 2. The van der Waals surface area contributed by atoms with E-state index < -0.39 is 0 Å². The fraction of sp³-hybridized carbons (Fsp3) is 0.818. The predicted octanol–water partition coefficient (Wildman–Crippen LogP) is 0.130. The van der Waals surface area contributed by atoms with Crippen molar-refractivity contribution in [3.8, 4) is 0 Å². The van der Waals surface area contributed by atoms with Crippen molar-refractivity contribution in [2.75, 3.05) is 20.1 Å². The van der Waals surface area contributed by atoms with Crippen molar-refractivity contribution in [3.63, 3.8) is 0 Å². The van der Waals surface area contributed by atoms with Crippen LogP contribution in [0.25, 0.3) is 0 Å². The maximum Gasteiger partial charge on any atom is 0.244 e. The molecule has 5 nitrogen and oxygen atoms in total. The summed E-state index contributed by atoms with van der Waals surface area (Å²) < 4.78 is 0. The molecule has 6 heteroatoms. The molecule has 1 rings (SSSR count). The van der Waals surface area contributed by atoms with Gasteiger partial charge in [0.2, 0.25) is 11.8 Å². The van der Waals surface area contributed by atoms with Gasteiger partial charge in [-0.25, -0.2) is 0 Å². The summed E-state index contributed by atoms with van der Waals surface area (Å²) in [4.78, 5) is 24.6. The maximum absolute atomic E-state index is 12.0. The minimum absolute atomic E-state index is 0.